The van der Waals surface area contributed by atoms with Crippen LogP contribution in [0, 0.1) is 0 Å². The Morgan fingerprint density at radius 3 is 2.79 bits per heavy atom. The molecule has 4 heteroatoms. The van der Waals surface area contributed by atoms with Crippen LogP contribution in [0.3, 0.4) is 0 Å². The Bertz CT molecular complexity index is 277. The highest BCUT2D eigenvalue weighted by Crippen LogP contribution is 2.01. The molecule has 1 aromatic carbocycles. The highest BCUT2D eigenvalue weighted by Gasteiger charge is 1.99. The minimum atomic E-state index is -0.344. The van der Waals surface area contributed by atoms with Gasteiger partial charge in [0.05, 0.1) is 0 Å². The van der Waals surface area contributed by atoms with Gasteiger partial charge in [-0.3, -0.25) is 0 Å². The first-order valence-electron chi connectivity index (χ1n) is 4.42. The Balaban J connectivity index is 2.24. The second-order valence-electron chi connectivity index (χ2n) is 2.77. The summed E-state index contributed by atoms with van der Waals surface area (Å²) in [6.45, 7) is 2.36. The lowest BCUT2D eigenvalue weighted by Gasteiger charge is -2.05. The van der Waals surface area contributed by atoms with Gasteiger partial charge in [-0.15, -0.1) is 8.58 Å². The van der Waals surface area contributed by atoms with Gasteiger partial charge in [0, 0.05) is 6.29 Å². The molecule has 0 saturated heterocycles. The van der Waals surface area contributed by atoms with Crippen LogP contribution in [0.1, 0.15) is 5.56 Å². The van der Waals surface area contributed by atoms with Crippen molar-refractivity contribution < 1.29 is 9.53 Å². The molecule has 0 spiro atoms. The van der Waals surface area contributed by atoms with E-state index in [1.54, 1.807) is 0 Å². The summed E-state index contributed by atoms with van der Waals surface area (Å²) in [6.07, 6.45) is 0.344. The molecule has 1 aromatic rings. The predicted octanol–water partition coefficient (Wildman–Crippen LogP) is 2.18. The lowest BCUT2D eigenvalue weighted by molar-refractivity contribution is 0.141. The summed E-state index contributed by atoms with van der Waals surface area (Å²) < 4.78 is 4.98. The maximum Gasteiger partial charge on any atom is 0.407 e. The normalized spacial score (nSPS) is 10.4. The van der Waals surface area contributed by atoms with Gasteiger partial charge in [-0.25, -0.2) is 4.79 Å². The Labute approximate surface area is 85.6 Å². The van der Waals surface area contributed by atoms with Gasteiger partial charge < -0.3 is 10.1 Å². The van der Waals surface area contributed by atoms with Gasteiger partial charge in [0.1, 0.15) is 6.61 Å². The smallest absolute Gasteiger partial charge is 0.407 e. The van der Waals surface area contributed by atoms with Gasteiger partial charge in [0.2, 0.25) is 0 Å². The van der Waals surface area contributed by atoms with Gasteiger partial charge in [-0.1, -0.05) is 30.3 Å². The number of carbonyl (C=O) groups is 1. The molecule has 1 N–H and O–H groups in total. The van der Waals surface area contributed by atoms with Crippen LogP contribution in [0.15, 0.2) is 30.3 Å². The molecule has 0 aliphatic carbocycles. The van der Waals surface area contributed by atoms with E-state index in [-0.39, 0.29) is 6.09 Å². The van der Waals surface area contributed by atoms with Crippen molar-refractivity contribution in [2.24, 2.45) is 0 Å². The van der Waals surface area contributed by atoms with E-state index in [0.29, 0.717) is 21.5 Å². The molecule has 1 rings (SSSR count). The first-order chi connectivity index (χ1) is 6.83. The number of carbonyl (C=O) groups excluding carboxylic acids is 1. The van der Waals surface area contributed by atoms with Gasteiger partial charge in [0.15, 0.2) is 0 Å². The van der Waals surface area contributed by atoms with E-state index in [9.17, 15) is 4.79 Å². The zero-order chi connectivity index (χ0) is 10.2. The van der Waals surface area contributed by atoms with Crippen molar-refractivity contribution >= 4 is 14.7 Å². The molecule has 0 aliphatic rings. The second kappa shape index (κ2) is 6.39. The highest BCUT2D eigenvalue weighted by atomic mass is 31.1. The number of rotatable bonds is 4. The average Bonchev–Trinajstić information content (AvgIpc) is 2.25. The first-order valence-corrected chi connectivity index (χ1v) is 6.13. The number of ether oxygens (including phenoxy) is 1. The van der Waals surface area contributed by atoms with Gasteiger partial charge in [0.25, 0.3) is 0 Å². The Kier molecular flexibility index (Phi) is 5.02. The number of hydrogen-bond acceptors (Lipinski definition) is 2. The summed E-state index contributed by atoms with van der Waals surface area (Å²) in [5.74, 6) is 0. The molecule has 14 heavy (non-hydrogen) atoms. The van der Waals surface area contributed by atoms with Crippen molar-refractivity contribution in [3.05, 3.63) is 35.9 Å². The van der Waals surface area contributed by atoms with Crippen LogP contribution >= 0.6 is 8.58 Å². The molecular weight excluding hydrogens is 197 g/mol. The molecule has 1 amide bonds. The van der Waals surface area contributed by atoms with E-state index in [1.807, 2.05) is 37.0 Å². The SMILES string of the molecule is CPCNC(=O)OCc1ccccc1. The van der Waals surface area contributed by atoms with E-state index in [4.69, 9.17) is 4.74 Å². The first kappa shape index (κ1) is 11.0. The molecule has 0 saturated carbocycles. The summed E-state index contributed by atoms with van der Waals surface area (Å²) >= 11 is 0. The molecule has 3 nitrogen and oxygen atoms in total. The molecule has 0 heterocycles. The summed E-state index contributed by atoms with van der Waals surface area (Å²) in [5.41, 5.74) is 1.00. The minimum absolute atomic E-state index is 0.333. The maximum atomic E-state index is 11.0. The standard InChI is InChI=1S/C10H14NO2P/c1-14-8-11-10(12)13-7-9-5-3-2-4-6-9/h2-6,14H,7-8H2,1H3,(H,11,12). The van der Waals surface area contributed by atoms with Crippen LogP contribution in [0.4, 0.5) is 4.79 Å². The van der Waals surface area contributed by atoms with E-state index in [2.05, 4.69) is 5.32 Å². The second-order valence-corrected chi connectivity index (χ2v) is 3.83. The van der Waals surface area contributed by atoms with Crippen LogP contribution < -0.4 is 5.32 Å². The molecule has 0 bridgehead atoms. The third kappa shape index (κ3) is 4.24. The number of alkyl carbamates (subject to hydrolysis) is 1. The predicted molar refractivity (Wildman–Crippen MR) is 58.9 cm³/mol. The van der Waals surface area contributed by atoms with Crippen molar-refractivity contribution in [3.63, 3.8) is 0 Å². The maximum absolute atomic E-state index is 11.0. The third-order valence-corrected chi connectivity index (χ3v) is 2.15. The van der Waals surface area contributed by atoms with E-state index in [1.165, 1.54) is 0 Å². The van der Waals surface area contributed by atoms with E-state index in [0.717, 1.165) is 5.56 Å². The van der Waals surface area contributed by atoms with Crippen LogP contribution in [0.2, 0.25) is 0 Å². The topological polar surface area (TPSA) is 38.3 Å². The van der Waals surface area contributed by atoms with Crippen molar-refractivity contribution in [2.75, 3.05) is 13.0 Å². The fourth-order valence-corrected chi connectivity index (χ4v) is 1.26. The van der Waals surface area contributed by atoms with E-state index < -0.39 is 0 Å². The fraction of sp³-hybridized carbons (Fsp3) is 0.300. The lowest BCUT2D eigenvalue weighted by Crippen LogP contribution is -2.22. The largest absolute Gasteiger partial charge is 0.445 e. The molecular formula is C10H14NO2P. The highest BCUT2D eigenvalue weighted by molar-refractivity contribution is 7.36. The monoisotopic (exact) mass is 211 g/mol. The van der Waals surface area contributed by atoms with Crippen molar-refractivity contribution in [1.82, 2.24) is 5.32 Å². The van der Waals surface area contributed by atoms with Gasteiger partial charge >= 0.3 is 6.09 Å². The Morgan fingerprint density at radius 1 is 1.43 bits per heavy atom. The Morgan fingerprint density at radius 2 is 2.14 bits per heavy atom. The van der Waals surface area contributed by atoms with Gasteiger partial charge in [-0.2, -0.15) is 0 Å². The number of nitrogens with one attached hydrogen (secondary N) is 1. The molecule has 0 radical (unpaired) electrons. The van der Waals surface area contributed by atoms with Gasteiger partial charge in [-0.05, 0) is 12.2 Å². The molecule has 76 valence electrons. The Hall–Kier alpha value is -1.08. The van der Waals surface area contributed by atoms with Crippen molar-refractivity contribution in [2.45, 2.75) is 6.61 Å². The van der Waals surface area contributed by atoms with Crippen LogP contribution in [-0.2, 0) is 11.3 Å². The quantitative estimate of drug-likeness (QED) is 0.775. The minimum Gasteiger partial charge on any atom is -0.445 e. The third-order valence-electron chi connectivity index (χ3n) is 1.62. The summed E-state index contributed by atoms with van der Waals surface area (Å²) in [4.78, 5) is 11.0. The van der Waals surface area contributed by atoms with Crippen molar-refractivity contribution in [3.8, 4) is 0 Å². The van der Waals surface area contributed by atoms with Crippen molar-refractivity contribution in [1.29, 1.82) is 0 Å². The van der Waals surface area contributed by atoms with Crippen LogP contribution in [0.25, 0.3) is 0 Å². The number of benzene rings is 1. The average molecular weight is 211 g/mol. The zero-order valence-corrected chi connectivity index (χ0v) is 9.12. The zero-order valence-electron chi connectivity index (χ0n) is 8.12. The molecule has 1 unspecified atom stereocenters. The summed E-state index contributed by atoms with van der Waals surface area (Å²) in [5, 5.41) is 2.65. The fourth-order valence-electron chi connectivity index (χ4n) is 0.935. The summed E-state index contributed by atoms with van der Waals surface area (Å²) in [7, 11) is 0.710. The molecule has 0 aliphatic heterocycles. The van der Waals surface area contributed by atoms with E-state index >= 15 is 0 Å². The lowest BCUT2D eigenvalue weighted by atomic mass is 10.2. The number of hydrogen-bond donors (Lipinski definition) is 1. The van der Waals surface area contributed by atoms with Crippen LogP contribution in [-0.4, -0.2) is 19.0 Å². The van der Waals surface area contributed by atoms with Crippen LogP contribution in [0.5, 0.6) is 0 Å². The summed E-state index contributed by atoms with van der Waals surface area (Å²) in [6, 6.07) is 9.62. The molecule has 0 aromatic heterocycles. The number of amides is 1. The molecule has 1 atom stereocenters. The molecule has 0 fully saturated rings.